The molecule has 0 saturated carbocycles. The number of carbonyl (C=O) groups is 1. The number of carbonyl (C=O) groups excluding carboxylic acids is 1. The van der Waals surface area contributed by atoms with Crippen LogP contribution in [0.2, 0.25) is 5.02 Å². The maximum atomic E-state index is 13.2. The van der Waals surface area contributed by atoms with E-state index in [4.69, 9.17) is 11.6 Å². The average Bonchev–Trinajstić information content (AvgIpc) is 2.85. The molecule has 1 heterocycles. The minimum Gasteiger partial charge on any atom is -0.352 e. The van der Waals surface area contributed by atoms with Crippen molar-refractivity contribution in [2.24, 2.45) is 5.92 Å². The van der Waals surface area contributed by atoms with Crippen molar-refractivity contribution < 1.29 is 9.18 Å². The van der Waals surface area contributed by atoms with Crippen molar-refractivity contribution in [3.8, 4) is 0 Å². The van der Waals surface area contributed by atoms with Gasteiger partial charge in [0.25, 0.3) is 5.91 Å². The van der Waals surface area contributed by atoms with Crippen molar-refractivity contribution in [1.29, 1.82) is 0 Å². The van der Waals surface area contributed by atoms with Gasteiger partial charge in [-0.1, -0.05) is 17.7 Å². The van der Waals surface area contributed by atoms with Crippen LogP contribution in [0.1, 0.15) is 23.2 Å². The number of nitrogens with one attached hydrogen (secondary N) is 2. The summed E-state index contributed by atoms with van der Waals surface area (Å²) in [6.07, 6.45) is 2.09. The summed E-state index contributed by atoms with van der Waals surface area (Å²) in [4.78, 5) is 11.8. The molecule has 2 N–H and O–H groups in total. The topological polar surface area (TPSA) is 41.1 Å². The van der Waals surface area contributed by atoms with E-state index in [1.807, 2.05) is 0 Å². The fraction of sp³-hybridized carbons (Fsp3) is 0.462. The first-order valence-electron chi connectivity index (χ1n) is 6.11. The summed E-state index contributed by atoms with van der Waals surface area (Å²) >= 11 is 5.75. The molecule has 1 fully saturated rings. The van der Waals surface area contributed by atoms with Crippen LogP contribution in [-0.4, -0.2) is 25.5 Å². The summed E-state index contributed by atoms with van der Waals surface area (Å²) in [6, 6.07) is 4.25. The minimum atomic E-state index is -0.565. The highest BCUT2D eigenvalue weighted by atomic mass is 35.5. The van der Waals surface area contributed by atoms with Crippen molar-refractivity contribution in [3.05, 3.63) is 34.6 Å². The van der Waals surface area contributed by atoms with E-state index in [0.717, 1.165) is 25.9 Å². The Bertz CT molecular complexity index is 433. The zero-order chi connectivity index (χ0) is 13.0. The van der Waals surface area contributed by atoms with Crippen LogP contribution < -0.4 is 10.6 Å². The summed E-state index contributed by atoms with van der Waals surface area (Å²) in [5.41, 5.74) is 0.196. The molecule has 1 aliphatic rings. The van der Waals surface area contributed by atoms with Gasteiger partial charge in [0.1, 0.15) is 5.82 Å². The molecular weight excluding hydrogens is 255 g/mol. The second-order valence-corrected chi connectivity index (χ2v) is 4.88. The largest absolute Gasteiger partial charge is 0.352 e. The van der Waals surface area contributed by atoms with Gasteiger partial charge in [-0.25, -0.2) is 4.39 Å². The lowest BCUT2D eigenvalue weighted by molar-refractivity contribution is 0.0951. The fourth-order valence-corrected chi connectivity index (χ4v) is 2.34. The van der Waals surface area contributed by atoms with Crippen LogP contribution in [0, 0.1) is 11.7 Å². The molecule has 1 aromatic carbocycles. The van der Waals surface area contributed by atoms with Crippen molar-refractivity contribution in [2.75, 3.05) is 19.6 Å². The summed E-state index contributed by atoms with van der Waals surface area (Å²) in [6.45, 7) is 2.66. The lowest BCUT2D eigenvalue weighted by Crippen LogP contribution is -2.26. The normalized spacial score (nSPS) is 18.9. The first kappa shape index (κ1) is 13.3. The highest BCUT2D eigenvalue weighted by molar-refractivity contribution is 6.34. The van der Waals surface area contributed by atoms with Crippen LogP contribution in [0.3, 0.4) is 0 Å². The maximum absolute atomic E-state index is 13.2. The van der Waals surface area contributed by atoms with Gasteiger partial charge in [-0.2, -0.15) is 0 Å². The lowest BCUT2D eigenvalue weighted by Gasteiger charge is -2.10. The van der Waals surface area contributed by atoms with E-state index in [9.17, 15) is 9.18 Å². The van der Waals surface area contributed by atoms with E-state index >= 15 is 0 Å². The van der Waals surface area contributed by atoms with Crippen LogP contribution in [0.25, 0.3) is 0 Å². The smallest absolute Gasteiger partial charge is 0.252 e. The summed E-state index contributed by atoms with van der Waals surface area (Å²) in [5, 5.41) is 5.94. The molecule has 98 valence electrons. The fourth-order valence-electron chi connectivity index (χ4n) is 2.13. The van der Waals surface area contributed by atoms with Gasteiger partial charge in [0.15, 0.2) is 0 Å². The first-order chi connectivity index (χ1) is 8.68. The van der Waals surface area contributed by atoms with Gasteiger partial charge in [0.2, 0.25) is 0 Å². The van der Waals surface area contributed by atoms with Crippen LogP contribution in [0.15, 0.2) is 18.2 Å². The molecular formula is C13H16ClFN2O. The number of halogens is 2. The third kappa shape index (κ3) is 3.21. The van der Waals surface area contributed by atoms with Crippen LogP contribution in [0.5, 0.6) is 0 Å². The Labute approximate surface area is 111 Å². The molecule has 1 amide bonds. The molecule has 1 aromatic rings. The van der Waals surface area contributed by atoms with Gasteiger partial charge >= 0.3 is 0 Å². The number of hydrogen-bond donors (Lipinski definition) is 2. The van der Waals surface area contributed by atoms with E-state index in [1.54, 1.807) is 0 Å². The van der Waals surface area contributed by atoms with Crippen molar-refractivity contribution >= 4 is 17.5 Å². The standard InChI is InChI=1S/C13H16ClFN2O/c14-12-10(2-1-3-11(12)15)13(18)17-7-5-9-4-6-16-8-9/h1-3,9,16H,4-8H2,(H,17,18)/t9-/m1/s1. The van der Waals surface area contributed by atoms with E-state index in [2.05, 4.69) is 10.6 Å². The number of amides is 1. The van der Waals surface area contributed by atoms with Crippen LogP contribution >= 0.6 is 11.6 Å². The maximum Gasteiger partial charge on any atom is 0.252 e. The summed E-state index contributed by atoms with van der Waals surface area (Å²) in [7, 11) is 0. The quantitative estimate of drug-likeness (QED) is 0.881. The molecule has 0 aromatic heterocycles. The number of benzene rings is 1. The lowest BCUT2D eigenvalue weighted by atomic mass is 10.1. The highest BCUT2D eigenvalue weighted by Gasteiger charge is 2.16. The Morgan fingerprint density at radius 1 is 1.56 bits per heavy atom. The van der Waals surface area contributed by atoms with Crippen LogP contribution in [-0.2, 0) is 0 Å². The number of hydrogen-bond acceptors (Lipinski definition) is 2. The molecule has 1 aliphatic heterocycles. The van der Waals surface area contributed by atoms with Crippen molar-refractivity contribution in [2.45, 2.75) is 12.8 Å². The Morgan fingerprint density at radius 3 is 3.11 bits per heavy atom. The van der Waals surface area contributed by atoms with Gasteiger partial charge in [-0.05, 0) is 44.0 Å². The number of rotatable bonds is 4. The molecule has 0 radical (unpaired) electrons. The van der Waals surface area contributed by atoms with Gasteiger partial charge in [-0.3, -0.25) is 4.79 Å². The molecule has 2 rings (SSSR count). The first-order valence-corrected chi connectivity index (χ1v) is 6.49. The monoisotopic (exact) mass is 270 g/mol. The summed E-state index contributed by atoms with van der Waals surface area (Å²) in [5.74, 6) is -0.261. The second kappa shape index (κ2) is 6.16. The Balaban J connectivity index is 1.85. The minimum absolute atomic E-state index is 0.113. The van der Waals surface area contributed by atoms with Crippen molar-refractivity contribution in [1.82, 2.24) is 10.6 Å². The van der Waals surface area contributed by atoms with E-state index in [-0.39, 0.29) is 16.5 Å². The van der Waals surface area contributed by atoms with Crippen LogP contribution in [0.4, 0.5) is 4.39 Å². The molecule has 0 bridgehead atoms. The summed E-state index contributed by atoms with van der Waals surface area (Å²) < 4.78 is 13.2. The predicted octanol–water partition coefficient (Wildman–Crippen LogP) is 2.21. The Hall–Kier alpha value is -1.13. The third-order valence-electron chi connectivity index (χ3n) is 3.20. The third-order valence-corrected chi connectivity index (χ3v) is 3.58. The molecule has 0 aliphatic carbocycles. The Kier molecular flexibility index (Phi) is 4.55. The zero-order valence-electron chi connectivity index (χ0n) is 10.0. The van der Waals surface area contributed by atoms with E-state index in [0.29, 0.717) is 12.5 Å². The molecule has 18 heavy (non-hydrogen) atoms. The van der Waals surface area contributed by atoms with Gasteiger partial charge in [-0.15, -0.1) is 0 Å². The molecule has 0 unspecified atom stereocenters. The zero-order valence-corrected chi connectivity index (χ0v) is 10.8. The molecule has 5 heteroatoms. The van der Waals surface area contributed by atoms with E-state index in [1.165, 1.54) is 18.2 Å². The van der Waals surface area contributed by atoms with Gasteiger partial charge in [0.05, 0.1) is 10.6 Å². The average molecular weight is 271 g/mol. The second-order valence-electron chi connectivity index (χ2n) is 4.50. The van der Waals surface area contributed by atoms with Gasteiger partial charge in [0, 0.05) is 6.54 Å². The SMILES string of the molecule is O=C(NCC[C@H]1CCNC1)c1cccc(F)c1Cl. The molecule has 3 nitrogen and oxygen atoms in total. The molecule has 1 saturated heterocycles. The van der Waals surface area contributed by atoms with E-state index < -0.39 is 5.82 Å². The molecule has 1 atom stereocenters. The van der Waals surface area contributed by atoms with Crippen molar-refractivity contribution in [3.63, 3.8) is 0 Å². The highest BCUT2D eigenvalue weighted by Crippen LogP contribution is 2.19. The predicted molar refractivity (Wildman–Crippen MR) is 69.3 cm³/mol. The Morgan fingerprint density at radius 2 is 2.39 bits per heavy atom. The molecule has 0 spiro atoms. The van der Waals surface area contributed by atoms with Gasteiger partial charge < -0.3 is 10.6 Å².